The molecule has 2 unspecified atom stereocenters. The molecule has 222 valence electrons. The van der Waals surface area contributed by atoms with Crippen molar-refractivity contribution in [3.8, 4) is 5.75 Å². The minimum Gasteiger partial charge on any atom is -0.493 e. The Balaban J connectivity index is 0.000000461. The van der Waals surface area contributed by atoms with Crippen LogP contribution in [0.3, 0.4) is 0 Å². The molecule has 2 aliphatic rings. The van der Waals surface area contributed by atoms with Crippen molar-refractivity contribution in [2.75, 3.05) is 39.8 Å². The van der Waals surface area contributed by atoms with Crippen molar-refractivity contribution in [1.29, 1.82) is 5.41 Å². The average Bonchev–Trinajstić information content (AvgIpc) is 3.60. The molecule has 0 spiro atoms. The average molecular weight is 542 g/mol. The van der Waals surface area contributed by atoms with Gasteiger partial charge in [0.15, 0.2) is 0 Å². The standard InChI is InChI=1S/C21H28N2O2.C11H25N.C2H6/c1-2-3-4-19(22)6-7-20-14-18(15-23(20)10-11-24)16-5-8-21-17(13-16)9-12-25-21;1-4-6-8-9-11-12(3)10-7-5-2;1-2/h2-3,5,8,11,13,18,20,22H,4,6-7,9-10,12,14-15H2,1H3;4-11H2,1-3H3;1-2H3/b3-2-,22-19?;;. The van der Waals surface area contributed by atoms with E-state index >= 15 is 0 Å². The van der Waals surface area contributed by atoms with E-state index in [1.54, 1.807) is 0 Å². The summed E-state index contributed by atoms with van der Waals surface area (Å²) in [6.45, 7) is 15.3. The second kappa shape index (κ2) is 21.8. The third kappa shape index (κ3) is 13.8. The maximum atomic E-state index is 11.1. The fourth-order valence-corrected chi connectivity index (χ4v) is 5.36. The van der Waals surface area contributed by atoms with Gasteiger partial charge in [0.25, 0.3) is 0 Å². The number of aldehydes is 1. The van der Waals surface area contributed by atoms with E-state index in [0.717, 1.165) is 63.0 Å². The van der Waals surface area contributed by atoms with Gasteiger partial charge in [-0.25, -0.2) is 0 Å². The van der Waals surface area contributed by atoms with Crippen LogP contribution in [0.4, 0.5) is 0 Å². The molecule has 2 aliphatic heterocycles. The molecule has 3 rings (SSSR count). The molecule has 5 heteroatoms. The lowest BCUT2D eigenvalue weighted by atomic mass is 9.93. The fourth-order valence-electron chi connectivity index (χ4n) is 5.36. The summed E-state index contributed by atoms with van der Waals surface area (Å²) in [5.41, 5.74) is 3.46. The van der Waals surface area contributed by atoms with Crippen LogP contribution in [0.2, 0.25) is 0 Å². The maximum absolute atomic E-state index is 11.1. The number of nitrogens with one attached hydrogen (secondary N) is 1. The highest BCUT2D eigenvalue weighted by atomic mass is 16.5. The quantitative estimate of drug-likeness (QED) is 0.0995. The van der Waals surface area contributed by atoms with Crippen LogP contribution in [0, 0.1) is 5.41 Å². The van der Waals surface area contributed by atoms with Crippen LogP contribution in [-0.2, 0) is 11.2 Å². The number of benzene rings is 1. The predicted octanol–water partition coefficient (Wildman–Crippen LogP) is 8.07. The second-order valence-electron chi connectivity index (χ2n) is 10.8. The number of rotatable bonds is 16. The molecule has 1 aromatic carbocycles. The van der Waals surface area contributed by atoms with E-state index in [1.807, 2.05) is 32.9 Å². The number of likely N-dealkylation sites (tertiary alicyclic amines) is 1. The molecule has 1 N–H and O–H groups in total. The van der Waals surface area contributed by atoms with Gasteiger partial charge >= 0.3 is 0 Å². The summed E-state index contributed by atoms with van der Waals surface area (Å²) in [6, 6.07) is 6.97. The van der Waals surface area contributed by atoms with E-state index in [0.29, 0.717) is 18.5 Å². The Morgan fingerprint density at radius 3 is 2.56 bits per heavy atom. The number of fused-ring (bicyclic) bond motifs is 1. The number of hydrogen-bond acceptors (Lipinski definition) is 5. The van der Waals surface area contributed by atoms with E-state index < -0.39 is 0 Å². The summed E-state index contributed by atoms with van der Waals surface area (Å²) in [7, 11) is 2.24. The van der Waals surface area contributed by atoms with Crippen LogP contribution in [0.5, 0.6) is 5.75 Å². The molecule has 0 saturated carbocycles. The lowest BCUT2D eigenvalue weighted by Crippen LogP contribution is -2.31. The van der Waals surface area contributed by atoms with Crippen LogP contribution < -0.4 is 4.74 Å². The SMILES string of the molecule is C/C=C\CC(=N)CCC1CC(c2ccc3c(c2)CCO3)CN1CC=O.CC.CCCCCCN(C)CCCC. The second-order valence-corrected chi connectivity index (χ2v) is 10.8. The summed E-state index contributed by atoms with van der Waals surface area (Å²) in [5, 5.41) is 8.07. The minimum absolute atomic E-state index is 0.394. The van der Waals surface area contributed by atoms with E-state index in [-0.39, 0.29) is 0 Å². The zero-order valence-electron chi connectivity index (χ0n) is 26.1. The minimum atomic E-state index is 0.394. The van der Waals surface area contributed by atoms with Crippen LogP contribution in [0.1, 0.15) is 116 Å². The Bertz CT molecular complexity index is 823. The first-order valence-corrected chi connectivity index (χ1v) is 15.8. The molecule has 2 atom stereocenters. The van der Waals surface area contributed by atoms with Gasteiger partial charge in [-0.1, -0.05) is 77.7 Å². The van der Waals surface area contributed by atoms with Crippen LogP contribution in [-0.4, -0.2) is 67.7 Å². The number of unbranched alkanes of at least 4 members (excludes halogenated alkanes) is 4. The predicted molar refractivity (Wildman–Crippen MR) is 169 cm³/mol. The Morgan fingerprint density at radius 1 is 1.13 bits per heavy atom. The van der Waals surface area contributed by atoms with Gasteiger partial charge in [0, 0.05) is 31.1 Å². The monoisotopic (exact) mass is 541 g/mol. The largest absolute Gasteiger partial charge is 0.493 e. The van der Waals surface area contributed by atoms with Crippen molar-refractivity contribution >= 4 is 12.0 Å². The molecule has 0 amide bonds. The zero-order chi connectivity index (χ0) is 28.9. The molecular formula is C34H59N3O2. The highest BCUT2D eigenvalue weighted by Gasteiger charge is 2.32. The summed E-state index contributed by atoms with van der Waals surface area (Å²) in [6.07, 6.45) is 17.9. The highest BCUT2D eigenvalue weighted by molar-refractivity contribution is 5.82. The van der Waals surface area contributed by atoms with Crippen molar-refractivity contribution in [1.82, 2.24) is 9.80 Å². The Kier molecular flexibility index (Phi) is 19.6. The van der Waals surface area contributed by atoms with Gasteiger partial charge in [0.05, 0.1) is 13.2 Å². The van der Waals surface area contributed by atoms with Crippen LogP contribution in [0.15, 0.2) is 30.4 Å². The van der Waals surface area contributed by atoms with Gasteiger partial charge in [-0.05, 0) is 82.3 Å². The first-order chi connectivity index (χ1) is 19.0. The fraction of sp³-hybridized carbons (Fsp3) is 0.706. The third-order valence-electron chi connectivity index (χ3n) is 7.69. The Labute approximate surface area is 240 Å². The number of ether oxygens (including phenoxy) is 1. The molecule has 0 bridgehead atoms. The number of nitrogens with zero attached hydrogens (tertiary/aromatic N) is 2. The summed E-state index contributed by atoms with van der Waals surface area (Å²) >= 11 is 0. The Hall–Kier alpha value is -1.98. The lowest BCUT2D eigenvalue weighted by Gasteiger charge is -2.21. The molecule has 39 heavy (non-hydrogen) atoms. The molecule has 0 radical (unpaired) electrons. The van der Waals surface area contributed by atoms with E-state index in [4.69, 9.17) is 10.1 Å². The van der Waals surface area contributed by atoms with Gasteiger partial charge < -0.3 is 19.8 Å². The number of carbonyl (C=O) groups excluding carboxylic acids is 1. The molecule has 5 nitrogen and oxygen atoms in total. The Morgan fingerprint density at radius 2 is 1.87 bits per heavy atom. The molecule has 1 fully saturated rings. The highest BCUT2D eigenvalue weighted by Crippen LogP contribution is 2.36. The van der Waals surface area contributed by atoms with Gasteiger partial charge in [-0.2, -0.15) is 0 Å². The third-order valence-corrected chi connectivity index (χ3v) is 7.69. The van der Waals surface area contributed by atoms with E-state index in [2.05, 4.69) is 48.9 Å². The zero-order valence-corrected chi connectivity index (χ0v) is 26.1. The summed E-state index contributed by atoms with van der Waals surface area (Å²) in [4.78, 5) is 15.8. The maximum Gasteiger partial charge on any atom is 0.133 e. The van der Waals surface area contributed by atoms with Gasteiger partial charge in [0.1, 0.15) is 12.0 Å². The van der Waals surface area contributed by atoms with Crippen molar-refractivity contribution in [3.63, 3.8) is 0 Å². The van der Waals surface area contributed by atoms with Crippen molar-refractivity contribution < 1.29 is 9.53 Å². The van der Waals surface area contributed by atoms with Gasteiger partial charge in [-0.15, -0.1) is 0 Å². The number of allylic oxidation sites excluding steroid dienone is 2. The summed E-state index contributed by atoms with van der Waals surface area (Å²) < 4.78 is 5.61. The van der Waals surface area contributed by atoms with Crippen molar-refractivity contribution in [2.24, 2.45) is 0 Å². The topological polar surface area (TPSA) is 56.6 Å². The van der Waals surface area contributed by atoms with Crippen LogP contribution in [0.25, 0.3) is 0 Å². The van der Waals surface area contributed by atoms with Crippen molar-refractivity contribution in [3.05, 3.63) is 41.5 Å². The molecular weight excluding hydrogens is 482 g/mol. The van der Waals surface area contributed by atoms with Crippen molar-refractivity contribution in [2.45, 2.75) is 117 Å². The summed E-state index contributed by atoms with van der Waals surface area (Å²) in [5.74, 6) is 1.50. The number of hydrogen-bond donors (Lipinski definition) is 1. The van der Waals surface area contributed by atoms with E-state index in [9.17, 15) is 4.79 Å². The molecule has 1 saturated heterocycles. The molecule has 1 aromatic rings. The lowest BCUT2D eigenvalue weighted by molar-refractivity contribution is -0.109. The molecule has 0 aromatic heterocycles. The van der Waals surface area contributed by atoms with Gasteiger partial charge in [0.2, 0.25) is 0 Å². The first kappa shape index (κ1) is 35.0. The van der Waals surface area contributed by atoms with Crippen LogP contribution >= 0.6 is 0 Å². The first-order valence-electron chi connectivity index (χ1n) is 15.8. The van der Waals surface area contributed by atoms with Gasteiger partial charge in [-0.3, -0.25) is 4.90 Å². The molecule has 0 aliphatic carbocycles. The number of carbonyl (C=O) groups is 1. The van der Waals surface area contributed by atoms with E-state index in [1.165, 1.54) is 62.7 Å². The smallest absolute Gasteiger partial charge is 0.133 e. The normalized spacial score (nSPS) is 18.2. The molecule has 2 heterocycles.